The van der Waals surface area contributed by atoms with Crippen LogP contribution in [-0.4, -0.2) is 21.1 Å². The van der Waals surface area contributed by atoms with Crippen LogP contribution >= 0.6 is 11.6 Å². The van der Waals surface area contributed by atoms with Gasteiger partial charge in [0.25, 0.3) is 0 Å². The first-order valence-electron chi connectivity index (χ1n) is 8.32. The van der Waals surface area contributed by atoms with Gasteiger partial charge in [-0.2, -0.15) is 5.10 Å². The molecule has 0 amide bonds. The Morgan fingerprint density at radius 2 is 1.91 bits per heavy atom. The average molecular weight is 318 g/mol. The van der Waals surface area contributed by atoms with Gasteiger partial charge in [-0.1, -0.05) is 37.3 Å². The molecule has 5 heteroatoms. The molecule has 0 bridgehead atoms. The number of carbonyl (C=O) groups is 1. The quantitative estimate of drug-likeness (QED) is 0.773. The Kier molecular flexibility index (Phi) is 3.65. The molecule has 2 heterocycles. The van der Waals surface area contributed by atoms with Crippen molar-refractivity contribution in [3.05, 3.63) is 22.5 Å². The van der Waals surface area contributed by atoms with E-state index in [1.165, 1.54) is 38.5 Å². The highest BCUT2D eigenvalue weighted by Crippen LogP contribution is 2.42. The number of halogens is 1. The number of hydrogen-bond acceptors (Lipinski definition) is 3. The molecule has 2 aliphatic rings. The zero-order valence-electron chi connectivity index (χ0n) is 12.6. The van der Waals surface area contributed by atoms with Crippen LogP contribution in [-0.2, 0) is 0 Å². The van der Waals surface area contributed by atoms with Crippen LogP contribution in [0.15, 0.2) is 6.07 Å². The van der Waals surface area contributed by atoms with Crippen molar-refractivity contribution in [2.45, 2.75) is 63.3 Å². The predicted octanol–water partition coefficient (Wildman–Crippen LogP) is 4.67. The summed E-state index contributed by atoms with van der Waals surface area (Å²) in [6, 6.07) is 2.07. The summed E-state index contributed by atoms with van der Waals surface area (Å²) in [6.45, 7) is 0. The molecule has 0 unspecified atom stereocenters. The summed E-state index contributed by atoms with van der Waals surface area (Å²) >= 11 is 6.47. The minimum Gasteiger partial charge on any atom is -0.296 e. The smallest absolute Gasteiger partial charge is 0.168 e. The zero-order chi connectivity index (χ0) is 15.1. The fraction of sp³-hybridized carbons (Fsp3) is 0.588. The lowest BCUT2D eigenvalue weighted by atomic mass is 9.82. The van der Waals surface area contributed by atoms with Crippen molar-refractivity contribution in [2.24, 2.45) is 0 Å². The normalized spacial score (nSPS) is 20.2. The summed E-state index contributed by atoms with van der Waals surface area (Å²) in [5.41, 5.74) is 2.31. The molecular weight excluding hydrogens is 298 g/mol. The van der Waals surface area contributed by atoms with Gasteiger partial charge in [0.15, 0.2) is 11.9 Å². The average Bonchev–Trinajstić information content (AvgIpc) is 2.86. The summed E-state index contributed by atoms with van der Waals surface area (Å²) < 4.78 is 2.07. The SMILES string of the molecule is O=Cc1cc(Cl)c2c(C3CCC3)nn(C3CCCCC3)c2n1. The van der Waals surface area contributed by atoms with Gasteiger partial charge >= 0.3 is 0 Å². The van der Waals surface area contributed by atoms with E-state index in [1.807, 2.05) is 0 Å². The van der Waals surface area contributed by atoms with Gasteiger partial charge in [0.2, 0.25) is 0 Å². The molecule has 4 nitrogen and oxygen atoms in total. The van der Waals surface area contributed by atoms with E-state index >= 15 is 0 Å². The van der Waals surface area contributed by atoms with Gasteiger partial charge in [-0.25, -0.2) is 9.67 Å². The van der Waals surface area contributed by atoms with Crippen LogP contribution in [0.4, 0.5) is 0 Å². The Morgan fingerprint density at radius 1 is 1.14 bits per heavy atom. The predicted molar refractivity (Wildman–Crippen MR) is 86.6 cm³/mol. The highest BCUT2D eigenvalue weighted by atomic mass is 35.5. The molecule has 2 aromatic heterocycles. The second-order valence-electron chi connectivity index (χ2n) is 6.59. The van der Waals surface area contributed by atoms with Crippen LogP contribution in [0.5, 0.6) is 0 Å². The zero-order valence-corrected chi connectivity index (χ0v) is 13.4. The number of aromatic nitrogens is 3. The number of nitrogens with zero attached hydrogens (tertiary/aromatic N) is 3. The second kappa shape index (κ2) is 5.65. The molecule has 0 atom stereocenters. The molecule has 0 N–H and O–H groups in total. The minimum atomic E-state index is 0.398. The van der Waals surface area contributed by atoms with Crippen LogP contribution < -0.4 is 0 Å². The first-order chi connectivity index (χ1) is 10.8. The van der Waals surface area contributed by atoms with E-state index in [1.54, 1.807) is 6.07 Å². The topological polar surface area (TPSA) is 47.8 Å². The molecule has 4 rings (SSSR count). The van der Waals surface area contributed by atoms with Crippen LogP contribution in [0, 0.1) is 0 Å². The summed E-state index contributed by atoms with van der Waals surface area (Å²) in [4.78, 5) is 15.7. The molecule has 116 valence electrons. The molecule has 0 spiro atoms. The Bertz CT molecular complexity index is 714. The highest BCUT2D eigenvalue weighted by molar-refractivity contribution is 6.35. The van der Waals surface area contributed by atoms with E-state index in [0.717, 1.165) is 35.9 Å². The maximum Gasteiger partial charge on any atom is 0.168 e. The fourth-order valence-corrected chi connectivity index (χ4v) is 4.04. The van der Waals surface area contributed by atoms with Crippen molar-refractivity contribution in [3.63, 3.8) is 0 Å². The number of fused-ring (bicyclic) bond motifs is 1. The fourth-order valence-electron chi connectivity index (χ4n) is 3.74. The van der Waals surface area contributed by atoms with Gasteiger partial charge < -0.3 is 0 Å². The maximum absolute atomic E-state index is 11.1. The van der Waals surface area contributed by atoms with E-state index in [0.29, 0.717) is 22.7 Å². The molecule has 22 heavy (non-hydrogen) atoms. The molecule has 2 fully saturated rings. The van der Waals surface area contributed by atoms with Crippen molar-refractivity contribution in [1.29, 1.82) is 0 Å². The molecular formula is C17H20ClN3O. The summed E-state index contributed by atoms with van der Waals surface area (Å²) in [7, 11) is 0. The molecule has 2 aliphatic carbocycles. The van der Waals surface area contributed by atoms with E-state index in [-0.39, 0.29) is 0 Å². The number of hydrogen-bond donors (Lipinski definition) is 0. The first kappa shape index (κ1) is 14.2. The van der Waals surface area contributed by atoms with Gasteiger partial charge in [-0.3, -0.25) is 4.79 Å². The van der Waals surface area contributed by atoms with Gasteiger partial charge in [-0.15, -0.1) is 0 Å². The second-order valence-corrected chi connectivity index (χ2v) is 7.00. The van der Waals surface area contributed by atoms with Crippen LogP contribution in [0.3, 0.4) is 0 Å². The van der Waals surface area contributed by atoms with Gasteiger partial charge in [-0.05, 0) is 31.7 Å². The molecule has 0 aromatic carbocycles. The Labute approximate surface area is 134 Å². The lowest BCUT2D eigenvalue weighted by Gasteiger charge is -2.24. The van der Waals surface area contributed by atoms with Gasteiger partial charge in [0.1, 0.15) is 5.69 Å². The van der Waals surface area contributed by atoms with Crippen molar-refractivity contribution in [1.82, 2.24) is 14.8 Å². The van der Waals surface area contributed by atoms with E-state index in [9.17, 15) is 4.79 Å². The Hall–Kier alpha value is -1.42. The lowest BCUT2D eigenvalue weighted by molar-refractivity contribution is 0.111. The van der Waals surface area contributed by atoms with Gasteiger partial charge in [0, 0.05) is 5.92 Å². The van der Waals surface area contributed by atoms with Crippen LogP contribution in [0.2, 0.25) is 5.02 Å². The molecule has 0 radical (unpaired) electrons. The standard InChI is InChI=1S/C17H20ClN3O/c18-14-9-12(10-22)19-17-15(14)16(11-5-4-6-11)20-21(17)13-7-2-1-3-8-13/h9-11,13H,1-8H2. The molecule has 2 aromatic rings. The first-order valence-corrected chi connectivity index (χ1v) is 8.69. The van der Waals surface area contributed by atoms with Crippen molar-refractivity contribution < 1.29 is 4.79 Å². The van der Waals surface area contributed by atoms with Gasteiger partial charge in [0.05, 0.1) is 22.1 Å². The summed E-state index contributed by atoms with van der Waals surface area (Å²) in [5.74, 6) is 0.508. The van der Waals surface area contributed by atoms with E-state index < -0.39 is 0 Å². The molecule has 0 aliphatic heterocycles. The van der Waals surface area contributed by atoms with Crippen LogP contribution in [0.25, 0.3) is 11.0 Å². The number of carbonyl (C=O) groups excluding carboxylic acids is 1. The highest BCUT2D eigenvalue weighted by Gasteiger charge is 2.29. The minimum absolute atomic E-state index is 0.398. The maximum atomic E-state index is 11.1. The number of rotatable bonds is 3. The number of pyridine rings is 1. The molecule has 0 saturated heterocycles. The van der Waals surface area contributed by atoms with Crippen molar-refractivity contribution in [3.8, 4) is 0 Å². The lowest BCUT2D eigenvalue weighted by Crippen LogP contribution is -2.16. The largest absolute Gasteiger partial charge is 0.296 e. The third-order valence-electron chi connectivity index (χ3n) is 5.19. The Balaban J connectivity index is 1.90. The van der Waals surface area contributed by atoms with Crippen LogP contribution in [0.1, 0.15) is 79.5 Å². The Morgan fingerprint density at radius 3 is 2.55 bits per heavy atom. The van der Waals surface area contributed by atoms with Crippen molar-refractivity contribution in [2.75, 3.05) is 0 Å². The molecule has 2 saturated carbocycles. The van der Waals surface area contributed by atoms with E-state index in [2.05, 4.69) is 9.67 Å². The summed E-state index contributed by atoms with van der Waals surface area (Å²) in [6.07, 6.45) is 10.5. The third kappa shape index (κ3) is 2.24. The summed E-state index contributed by atoms with van der Waals surface area (Å²) in [5, 5.41) is 6.52. The monoisotopic (exact) mass is 317 g/mol. The van der Waals surface area contributed by atoms with E-state index in [4.69, 9.17) is 16.7 Å². The number of aldehydes is 1. The third-order valence-corrected chi connectivity index (χ3v) is 5.49. The van der Waals surface area contributed by atoms with Crippen molar-refractivity contribution >= 4 is 28.9 Å².